The molecule has 0 saturated carbocycles. The van der Waals surface area contributed by atoms with E-state index in [0.717, 1.165) is 24.5 Å². The average molecular weight is 350 g/mol. The van der Waals surface area contributed by atoms with Gasteiger partial charge in [-0.05, 0) is 56.3 Å². The summed E-state index contributed by atoms with van der Waals surface area (Å²) in [6.45, 7) is 5.88. The summed E-state index contributed by atoms with van der Waals surface area (Å²) in [5.74, 6) is -0.854. The SMILES string of the molecule is CSc1cccc(NC(=O)C(=O)NC[C@@H](C)CN2CCCCC2)c1. The lowest BCUT2D eigenvalue weighted by Crippen LogP contribution is -2.41. The molecule has 0 aliphatic carbocycles. The Morgan fingerprint density at radius 2 is 1.96 bits per heavy atom. The smallest absolute Gasteiger partial charge is 0.313 e. The number of carbonyl (C=O) groups excluding carboxylic acids is 2. The summed E-state index contributed by atoms with van der Waals surface area (Å²) in [4.78, 5) is 27.4. The van der Waals surface area contributed by atoms with Crippen LogP contribution < -0.4 is 10.6 Å². The maximum Gasteiger partial charge on any atom is 0.313 e. The summed E-state index contributed by atoms with van der Waals surface area (Å²) >= 11 is 1.59. The van der Waals surface area contributed by atoms with E-state index < -0.39 is 11.8 Å². The van der Waals surface area contributed by atoms with E-state index in [-0.39, 0.29) is 0 Å². The molecule has 24 heavy (non-hydrogen) atoms. The maximum atomic E-state index is 12.0. The molecule has 1 aromatic rings. The molecule has 0 spiro atoms. The van der Waals surface area contributed by atoms with Crippen LogP contribution in [0.2, 0.25) is 0 Å². The van der Waals surface area contributed by atoms with Crippen molar-refractivity contribution in [1.29, 1.82) is 0 Å². The first-order valence-corrected chi connectivity index (χ1v) is 9.76. The monoisotopic (exact) mass is 349 g/mol. The number of anilines is 1. The van der Waals surface area contributed by atoms with E-state index in [9.17, 15) is 9.59 Å². The van der Waals surface area contributed by atoms with Crippen LogP contribution in [0.15, 0.2) is 29.2 Å². The van der Waals surface area contributed by atoms with Gasteiger partial charge in [0.1, 0.15) is 0 Å². The third kappa shape index (κ3) is 6.17. The lowest BCUT2D eigenvalue weighted by atomic mass is 10.1. The molecule has 1 fully saturated rings. The second-order valence-electron chi connectivity index (χ2n) is 6.36. The molecular weight excluding hydrogens is 322 g/mol. The van der Waals surface area contributed by atoms with Crippen molar-refractivity contribution in [2.75, 3.05) is 37.8 Å². The molecule has 0 unspecified atom stereocenters. The molecule has 5 nitrogen and oxygen atoms in total. The van der Waals surface area contributed by atoms with Crippen LogP contribution in [-0.4, -0.2) is 49.1 Å². The van der Waals surface area contributed by atoms with Crippen molar-refractivity contribution in [3.63, 3.8) is 0 Å². The molecule has 132 valence electrons. The van der Waals surface area contributed by atoms with Gasteiger partial charge in [0.15, 0.2) is 0 Å². The molecule has 0 bridgehead atoms. The van der Waals surface area contributed by atoms with E-state index >= 15 is 0 Å². The van der Waals surface area contributed by atoms with Crippen molar-refractivity contribution in [2.24, 2.45) is 5.92 Å². The number of nitrogens with zero attached hydrogens (tertiary/aromatic N) is 1. The number of carbonyl (C=O) groups is 2. The molecule has 1 atom stereocenters. The van der Waals surface area contributed by atoms with E-state index in [1.807, 2.05) is 24.5 Å². The van der Waals surface area contributed by atoms with Gasteiger partial charge < -0.3 is 15.5 Å². The first-order chi connectivity index (χ1) is 11.6. The zero-order valence-electron chi connectivity index (χ0n) is 14.5. The summed E-state index contributed by atoms with van der Waals surface area (Å²) in [5, 5.41) is 5.38. The molecule has 2 amide bonds. The summed E-state index contributed by atoms with van der Waals surface area (Å²) in [6.07, 6.45) is 5.81. The molecule has 6 heteroatoms. The van der Waals surface area contributed by atoms with Gasteiger partial charge in [-0.1, -0.05) is 19.4 Å². The summed E-state index contributed by atoms with van der Waals surface area (Å²) < 4.78 is 0. The average Bonchev–Trinajstić information content (AvgIpc) is 2.60. The fourth-order valence-electron chi connectivity index (χ4n) is 2.88. The molecule has 1 aliphatic heterocycles. The Bertz CT molecular complexity index is 559. The van der Waals surface area contributed by atoms with Crippen LogP contribution in [0.1, 0.15) is 26.2 Å². The van der Waals surface area contributed by atoms with Gasteiger partial charge in [0, 0.05) is 23.7 Å². The summed E-state index contributed by atoms with van der Waals surface area (Å²) in [5.41, 5.74) is 0.642. The minimum absolute atomic E-state index is 0.333. The predicted molar refractivity (Wildman–Crippen MR) is 99.3 cm³/mol. The zero-order chi connectivity index (χ0) is 17.4. The lowest BCUT2D eigenvalue weighted by molar-refractivity contribution is -0.136. The normalized spacial score (nSPS) is 16.4. The van der Waals surface area contributed by atoms with Crippen LogP contribution in [0.5, 0.6) is 0 Å². The number of piperidine rings is 1. The quantitative estimate of drug-likeness (QED) is 0.612. The van der Waals surface area contributed by atoms with Crippen molar-refractivity contribution in [2.45, 2.75) is 31.1 Å². The van der Waals surface area contributed by atoms with Crippen LogP contribution in [-0.2, 0) is 9.59 Å². The Labute approximate surface area is 148 Å². The van der Waals surface area contributed by atoms with Crippen LogP contribution in [0.4, 0.5) is 5.69 Å². The van der Waals surface area contributed by atoms with Crippen LogP contribution in [0.25, 0.3) is 0 Å². The van der Waals surface area contributed by atoms with Gasteiger partial charge in [0.2, 0.25) is 0 Å². The highest BCUT2D eigenvalue weighted by molar-refractivity contribution is 7.98. The number of hydrogen-bond donors (Lipinski definition) is 2. The van der Waals surface area contributed by atoms with Gasteiger partial charge in [-0.3, -0.25) is 9.59 Å². The predicted octanol–water partition coefficient (Wildman–Crippen LogP) is 2.59. The fourth-order valence-corrected chi connectivity index (χ4v) is 3.34. The maximum absolute atomic E-state index is 12.0. The Balaban J connectivity index is 1.73. The molecule has 1 aromatic carbocycles. The topological polar surface area (TPSA) is 61.4 Å². The fraction of sp³-hybridized carbons (Fsp3) is 0.556. The van der Waals surface area contributed by atoms with E-state index in [2.05, 4.69) is 22.5 Å². The Morgan fingerprint density at radius 1 is 1.21 bits per heavy atom. The summed E-state index contributed by atoms with van der Waals surface area (Å²) in [7, 11) is 0. The number of benzene rings is 1. The highest BCUT2D eigenvalue weighted by Gasteiger charge is 2.17. The van der Waals surface area contributed by atoms with Gasteiger partial charge in [-0.15, -0.1) is 11.8 Å². The molecule has 0 radical (unpaired) electrons. The minimum atomic E-state index is -0.613. The van der Waals surface area contributed by atoms with E-state index in [1.165, 1.54) is 19.3 Å². The van der Waals surface area contributed by atoms with Crippen LogP contribution in [0.3, 0.4) is 0 Å². The zero-order valence-corrected chi connectivity index (χ0v) is 15.3. The van der Waals surface area contributed by atoms with Gasteiger partial charge >= 0.3 is 11.8 Å². The molecule has 1 aliphatic rings. The Hall–Kier alpha value is -1.53. The number of amides is 2. The Morgan fingerprint density at radius 3 is 2.67 bits per heavy atom. The van der Waals surface area contributed by atoms with Gasteiger partial charge in [-0.25, -0.2) is 0 Å². The molecule has 1 saturated heterocycles. The summed E-state index contributed by atoms with van der Waals surface area (Å²) in [6, 6.07) is 7.46. The Kier molecular flexibility index (Phi) is 7.59. The highest BCUT2D eigenvalue weighted by atomic mass is 32.2. The first kappa shape index (κ1) is 18.8. The molecule has 1 heterocycles. The second kappa shape index (κ2) is 9.69. The van der Waals surface area contributed by atoms with Crippen LogP contribution >= 0.6 is 11.8 Å². The van der Waals surface area contributed by atoms with E-state index in [0.29, 0.717) is 18.2 Å². The van der Waals surface area contributed by atoms with Crippen molar-refractivity contribution < 1.29 is 9.59 Å². The molecule has 0 aromatic heterocycles. The van der Waals surface area contributed by atoms with Crippen molar-refractivity contribution >= 4 is 29.3 Å². The lowest BCUT2D eigenvalue weighted by Gasteiger charge is -2.29. The molecule has 2 N–H and O–H groups in total. The number of hydrogen-bond acceptors (Lipinski definition) is 4. The molecule has 2 rings (SSSR count). The number of nitrogens with one attached hydrogen (secondary N) is 2. The van der Waals surface area contributed by atoms with E-state index in [1.54, 1.807) is 17.8 Å². The third-order valence-electron chi connectivity index (χ3n) is 4.16. The number of likely N-dealkylation sites (tertiary alicyclic amines) is 1. The largest absolute Gasteiger partial charge is 0.348 e. The number of rotatable bonds is 6. The third-order valence-corrected chi connectivity index (χ3v) is 4.89. The van der Waals surface area contributed by atoms with Crippen molar-refractivity contribution in [3.8, 4) is 0 Å². The highest BCUT2D eigenvalue weighted by Crippen LogP contribution is 2.18. The van der Waals surface area contributed by atoms with Gasteiger partial charge in [0.05, 0.1) is 0 Å². The van der Waals surface area contributed by atoms with Crippen molar-refractivity contribution in [1.82, 2.24) is 10.2 Å². The van der Waals surface area contributed by atoms with Crippen molar-refractivity contribution in [3.05, 3.63) is 24.3 Å². The van der Waals surface area contributed by atoms with E-state index in [4.69, 9.17) is 0 Å². The second-order valence-corrected chi connectivity index (χ2v) is 7.24. The minimum Gasteiger partial charge on any atom is -0.348 e. The molecular formula is C18H27N3O2S. The number of thioether (sulfide) groups is 1. The van der Waals surface area contributed by atoms with Gasteiger partial charge in [-0.2, -0.15) is 0 Å². The standard InChI is InChI=1S/C18H27N3O2S/c1-14(13-21-9-4-3-5-10-21)12-19-17(22)18(23)20-15-7-6-8-16(11-15)24-2/h6-8,11,14H,3-5,9-10,12-13H2,1-2H3,(H,19,22)(H,20,23)/t14-/m1/s1. The van der Waals surface area contributed by atoms with Crippen LogP contribution in [0, 0.1) is 5.92 Å². The first-order valence-electron chi connectivity index (χ1n) is 8.54. The van der Waals surface area contributed by atoms with Gasteiger partial charge in [0.25, 0.3) is 0 Å².